The molecule has 4 rings (SSSR count). The highest BCUT2D eigenvalue weighted by Gasteiger charge is 2.12. The van der Waals surface area contributed by atoms with Gasteiger partial charge in [0.05, 0.1) is 38.8 Å². The zero-order valence-electron chi connectivity index (χ0n) is 21.8. The monoisotopic (exact) mass is 501 g/mol. The van der Waals surface area contributed by atoms with E-state index in [-0.39, 0.29) is 5.91 Å². The van der Waals surface area contributed by atoms with E-state index in [0.29, 0.717) is 24.5 Å². The van der Waals surface area contributed by atoms with Gasteiger partial charge in [0.25, 0.3) is 0 Å². The molecule has 0 fully saturated rings. The molecule has 4 aromatic rings. The number of para-hydroxylation sites is 2. The molecular formula is C30H35N3O4. The van der Waals surface area contributed by atoms with Gasteiger partial charge in [-0.3, -0.25) is 4.79 Å². The Hall–Kier alpha value is -4.00. The summed E-state index contributed by atoms with van der Waals surface area (Å²) >= 11 is 0. The molecule has 0 spiro atoms. The molecule has 7 nitrogen and oxygen atoms in total. The second-order valence-corrected chi connectivity index (χ2v) is 8.98. The molecule has 0 aliphatic heterocycles. The summed E-state index contributed by atoms with van der Waals surface area (Å²) in [5, 5.41) is 3.03. The third-order valence-electron chi connectivity index (χ3n) is 6.45. The lowest BCUT2D eigenvalue weighted by atomic mass is 10.1. The molecule has 37 heavy (non-hydrogen) atoms. The minimum absolute atomic E-state index is 0.00787. The summed E-state index contributed by atoms with van der Waals surface area (Å²) in [6.07, 6.45) is 4.16. The molecule has 0 atom stereocenters. The Labute approximate surface area is 218 Å². The van der Waals surface area contributed by atoms with E-state index in [1.54, 1.807) is 21.3 Å². The van der Waals surface area contributed by atoms with Crippen molar-refractivity contribution in [2.45, 2.75) is 38.6 Å². The first-order valence-corrected chi connectivity index (χ1v) is 12.7. The molecule has 194 valence electrons. The molecule has 0 saturated heterocycles. The van der Waals surface area contributed by atoms with Crippen LogP contribution in [0.3, 0.4) is 0 Å². The van der Waals surface area contributed by atoms with Gasteiger partial charge >= 0.3 is 0 Å². The van der Waals surface area contributed by atoms with Crippen molar-refractivity contribution in [1.82, 2.24) is 14.9 Å². The number of hydrogen-bond donors (Lipinski definition) is 1. The Morgan fingerprint density at radius 2 is 1.59 bits per heavy atom. The highest BCUT2D eigenvalue weighted by atomic mass is 16.5. The number of benzene rings is 3. The van der Waals surface area contributed by atoms with Crippen molar-refractivity contribution in [1.29, 1.82) is 0 Å². The Balaban J connectivity index is 1.26. The van der Waals surface area contributed by atoms with Crippen LogP contribution in [0.4, 0.5) is 0 Å². The van der Waals surface area contributed by atoms with Crippen LogP contribution in [0.5, 0.6) is 17.2 Å². The van der Waals surface area contributed by atoms with E-state index in [9.17, 15) is 4.79 Å². The molecule has 7 heteroatoms. The van der Waals surface area contributed by atoms with Crippen molar-refractivity contribution in [3.8, 4) is 17.2 Å². The molecule has 0 aliphatic rings. The summed E-state index contributed by atoms with van der Waals surface area (Å²) in [6, 6.07) is 22.0. The zero-order valence-corrected chi connectivity index (χ0v) is 21.8. The number of ether oxygens (including phenoxy) is 3. The molecule has 0 aliphatic carbocycles. The van der Waals surface area contributed by atoms with Crippen molar-refractivity contribution >= 4 is 16.9 Å². The van der Waals surface area contributed by atoms with Gasteiger partial charge in [-0.1, -0.05) is 36.8 Å². The lowest BCUT2D eigenvalue weighted by molar-refractivity contribution is -0.120. The molecule has 0 bridgehead atoms. The van der Waals surface area contributed by atoms with Crippen LogP contribution in [-0.4, -0.2) is 43.3 Å². The van der Waals surface area contributed by atoms with Crippen LogP contribution in [0.2, 0.25) is 0 Å². The quantitative estimate of drug-likeness (QED) is 0.256. The molecule has 1 aromatic heterocycles. The molecule has 0 unspecified atom stereocenters. The van der Waals surface area contributed by atoms with Gasteiger partial charge in [-0.25, -0.2) is 4.98 Å². The number of unbranched alkanes of at least 4 members (excludes halogenated alkanes) is 2. The molecule has 1 heterocycles. The minimum atomic E-state index is 0.00787. The van der Waals surface area contributed by atoms with Gasteiger partial charge < -0.3 is 24.1 Å². The summed E-state index contributed by atoms with van der Waals surface area (Å²) < 4.78 is 18.2. The van der Waals surface area contributed by atoms with Gasteiger partial charge in [-0.15, -0.1) is 0 Å². The number of aromatic nitrogens is 2. The molecular weight excluding hydrogens is 466 g/mol. The Morgan fingerprint density at radius 3 is 2.35 bits per heavy atom. The van der Waals surface area contributed by atoms with Crippen LogP contribution in [0.15, 0.2) is 66.7 Å². The van der Waals surface area contributed by atoms with Crippen LogP contribution in [0, 0.1) is 0 Å². The minimum Gasteiger partial charge on any atom is -0.497 e. The standard InChI is InChI=1S/C30H35N3O4/c1-35-24-15-12-22(13-16-24)21-33-26-10-7-6-9-25(26)32-29(33)11-5-4-8-18-31-30(34)20-23-14-17-27(36-2)28(19-23)37-3/h6-7,9-10,12-17,19H,4-5,8,11,18,20-21H2,1-3H3,(H,31,34). The summed E-state index contributed by atoms with van der Waals surface area (Å²) in [7, 11) is 4.87. The predicted molar refractivity (Wildman–Crippen MR) is 146 cm³/mol. The van der Waals surface area contributed by atoms with Gasteiger partial charge in [0.2, 0.25) is 5.91 Å². The SMILES string of the molecule is COc1ccc(Cn2c(CCCCCNC(=O)Cc3ccc(OC)c(OC)c3)nc3ccccc32)cc1. The number of rotatable bonds is 13. The van der Waals surface area contributed by atoms with Crippen molar-refractivity contribution < 1.29 is 19.0 Å². The van der Waals surface area contributed by atoms with Crippen LogP contribution in [-0.2, 0) is 24.2 Å². The fourth-order valence-electron chi connectivity index (χ4n) is 4.46. The largest absolute Gasteiger partial charge is 0.497 e. The molecule has 3 aromatic carbocycles. The van der Waals surface area contributed by atoms with E-state index in [0.717, 1.165) is 60.4 Å². The lowest BCUT2D eigenvalue weighted by Crippen LogP contribution is -2.26. The first-order valence-electron chi connectivity index (χ1n) is 12.7. The zero-order chi connectivity index (χ0) is 26.0. The van der Waals surface area contributed by atoms with Crippen LogP contribution in [0.1, 0.15) is 36.2 Å². The fourth-order valence-corrected chi connectivity index (χ4v) is 4.46. The van der Waals surface area contributed by atoms with Gasteiger partial charge in [0.1, 0.15) is 11.6 Å². The molecule has 1 amide bonds. The summed E-state index contributed by atoms with van der Waals surface area (Å²) in [6.45, 7) is 1.43. The van der Waals surface area contributed by atoms with Gasteiger partial charge in [-0.05, 0) is 60.4 Å². The van der Waals surface area contributed by atoms with Crippen molar-refractivity contribution in [2.75, 3.05) is 27.9 Å². The van der Waals surface area contributed by atoms with Crippen LogP contribution >= 0.6 is 0 Å². The van der Waals surface area contributed by atoms with Gasteiger partial charge in [-0.2, -0.15) is 0 Å². The second-order valence-electron chi connectivity index (χ2n) is 8.98. The van der Waals surface area contributed by atoms with Gasteiger partial charge in [0, 0.05) is 19.5 Å². The summed E-state index contributed by atoms with van der Waals surface area (Å²) in [5.74, 6) is 3.24. The van der Waals surface area contributed by atoms with Crippen molar-refractivity contribution in [3.05, 3.63) is 83.7 Å². The fraction of sp³-hybridized carbons (Fsp3) is 0.333. The molecule has 0 saturated carbocycles. The average Bonchev–Trinajstić information content (AvgIpc) is 3.27. The summed E-state index contributed by atoms with van der Waals surface area (Å²) in [4.78, 5) is 17.3. The van der Waals surface area contributed by atoms with Gasteiger partial charge in [0.15, 0.2) is 11.5 Å². The number of fused-ring (bicyclic) bond motifs is 1. The smallest absolute Gasteiger partial charge is 0.224 e. The van der Waals surface area contributed by atoms with Crippen LogP contribution in [0.25, 0.3) is 11.0 Å². The topological polar surface area (TPSA) is 74.6 Å². The number of nitrogens with zero attached hydrogens (tertiary/aromatic N) is 2. The van der Waals surface area contributed by atoms with Crippen molar-refractivity contribution in [3.63, 3.8) is 0 Å². The van der Waals surface area contributed by atoms with Crippen LogP contribution < -0.4 is 19.5 Å². The molecule has 1 N–H and O–H groups in total. The molecule has 0 radical (unpaired) electrons. The van der Waals surface area contributed by atoms with E-state index < -0.39 is 0 Å². The number of imidazole rings is 1. The number of hydrogen-bond acceptors (Lipinski definition) is 5. The highest BCUT2D eigenvalue weighted by Crippen LogP contribution is 2.27. The van der Waals surface area contributed by atoms with E-state index in [4.69, 9.17) is 19.2 Å². The average molecular weight is 502 g/mol. The van der Waals surface area contributed by atoms with E-state index in [1.807, 2.05) is 36.4 Å². The number of amides is 1. The number of methoxy groups -OCH3 is 3. The maximum Gasteiger partial charge on any atom is 0.224 e. The third-order valence-corrected chi connectivity index (χ3v) is 6.45. The Kier molecular flexibility index (Phi) is 9.03. The maximum absolute atomic E-state index is 12.4. The lowest BCUT2D eigenvalue weighted by Gasteiger charge is -2.11. The Morgan fingerprint density at radius 1 is 0.838 bits per heavy atom. The number of carbonyl (C=O) groups excluding carboxylic acids is 1. The first kappa shape index (κ1) is 26.1. The van der Waals surface area contributed by atoms with E-state index in [2.05, 4.69) is 40.2 Å². The number of nitrogens with one attached hydrogen (secondary N) is 1. The maximum atomic E-state index is 12.4. The highest BCUT2D eigenvalue weighted by molar-refractivity contribution is 5.78. The number of carbonyl (C=O) groups is 1. The first-order chi connectivity index (χ1) is 18.1. The predicted octanol–water partition coefficient (Wildman–Crippen LogP) is 5.18. The normalized spacial score (nSPS) is 10.9. The van der Waals surface area contributed by atoms with E-state index in [1.165, 1.54) is 5.56 Å². The summed E-state index contributed by atoms with van der Waals surface area (Å²) in [5.41, 5.74) is 4.28. The Bertz CT molecular complexity index is 1310. The second kappa shape index (κ2) is 12.8. The van der Waals surface area contributed by atoms with Crippen molar-refractivity contribution in [2.24, 2.45) is 0 Å². The third kappa shape index (κ3) is 6.82. The van der Waals surface area contributed by atoms with E-state index >= 15 is 0 Å². The number of aryl methyl sites for hydroxylation is 1.